The highest BCUT2D eigenvalue weighted by atomic mass is 32.2. The smallest absolute Gasteiger partial charge is 0.237 e. The van der Waals surface area contributed by atoms with Crippen molar-refractivity contribution >= 4 is 35.0 Å². The third-order valence-corrected chi connectivity index (χ3v) is 6.01. The summed E-state index contributed by atoms with van der Waals surface area (Å²) < 4.78 is 2.00. The van der Waals surface area contributed by atoms with Gasteiger partial charge in [0.2, 0.25) is 11.8 Å². The first-order chi connectivity index (χ1) is 14.9. The molecule has 1 heterocycles. The van der Waals surface area contributed by atoms with Crippen LogP contribution in [0.5, 0.6) is 0 Å². The molecule has 1 aliphatic rings. The summed E-state index contributed by atoms with van der Waals surface area (Å²) in [4.78, 5) is 24.2. The fourth-order valence-electron chi connectivity index (χ4n) is 3.31. The van der Waals surface area contributed by atoms with Crippen LogP contribution in [0, 0.1) is 6.92 Å². The maximum absolute atomic E-state index is 12.8. The molecule has 2 aromatic carbocycles. The van der Waals surface area contributed by atoms with E-state index >= 15 is 0 Å². The molecule has 1 fully saturated rings. The van der Waals surface area contributed by atoms with Gasteiger partial charge >= 0.3 is 0 Å². The average Bonchev–Trinajstić information content (AvgIpc) is 3.48. The molecule has 1 aromatic heterocycles. The largest absolute Gasteiger partial charge is 0.326 e. The number of aryl methyl sites for hydroxylation is 1. The van der Waals surface area contributed by atoms with Gasteiger partial charge in [0.1, 0.15) is 5.82 Å². The zero-order valence-corrected chi connectivity index (χ0v) is 18.6. The van der Waals surface area contributed by atoms with E-state index in [9.17, 15) is 9.59 Å². The molecule has 0 saturated heterocycles. The Hall–Kier alpha value is -3.13. The lowest BCUT2D eigenvalue weighted by Gasteiger charge is -2.15. The fraction of sp³-hybridized carbons (Fsp3) is 0.304. The normalized spacial score (nSPS) is 14.2. The number of benzene rings is 2. The second kappa shape index (κ2) is 8.93. The maximum Gasteiger partial charge on any atom is 0.237 e. The third kappa shape index (κ3) is 5.14. The van der Waals surface area contributed by atoms with Crippen LogP contribution in [-0.4, -0.2) is 31.8 Å². The van der Waals surface area contributed by atoms with Gasteiger partial charge in [-0.15, -0.1) is 10.2 Å². The number of carbonyl (C=O) groups is 2. The zero-order chi connectivity index (χ0) is 22.0. The van der Waals surface area contributed by atoms with Gasteiger partial charge in [0.15, 0.2) is 5.16 Å². The van der Waals surface area contributed by atoms with Gasteiger partial charge in [0.25, 0.3) is 0 Å². The van der Waals surface area contributed by atoms with Crippen molar-refractivity contribution < 1.29 is 9.59 Å². The number of carbonyl (C=O) groups excluding carboxylic acids is 2. The summed E-state index contributed by atoms with van der Waals surface area (Å²) in [7, 11) is 0. The van der Waals surface area contributed by atoms with E-state index in [2.05, 4.69) is 20.8 Å². The van der Waals surface area contributed by atoms with E-state index < -0.39 is 0 Å². The van der Waals surface area contributed by atoms with Gasteiger partial charge in [0.05, 0.1) is 10.9 Å². The van der Waals surface area contributed by atoms with Crippen molar-refractivity contribution in [2.24, 2.45) is 0 Å². The van der Waals surface area contributed by atoms with Crippen LogP contribution >= 0.6 is 11.8 Å². The number of thioether (sulfide) groups is 1. The lowest BCUT2D eigenvalue weighted by atomic mass is 10.2. The van der Waals surface area contributed by atoms with Crippen LogP contribution in [0.25, 0.3) is 5.69 Å². The average molecular weight is 436 g/mol. The molecular weight excluding hydrogens is 410 g/mol. The summed E-state index contributed by atoms with van der Waals surface area (Å²) in [6.45, 7) is 5.33. The highest BCUT2D eigenvalue weighted by Gasteiger charge is 2.32. The molecule has 1 aliphatic carbocycles. The van der Waals surface area contributed by atoms with Crippen LogP contribution < -0.4 is 10.6 Å². The first kappa shape index (κ1) is 21.1. The fourth-order valence-corrected chi connectivity index (χ4v) is 4.19. The topological polar surface area (TPSA) is 88.9 Å². The van der Waals surface area contributed by atoms with E-state index in [1.807, 2.05) is 66.9 Å². The number of nitrogens with one attached hydrogen (secondary N) is 2. The number of hydrogen-bond acceptors (Lipinski definition) is 5. The standard InChI is InChI=1S/C23H25N5O2S/c1-14-6-4-7-18(12-14)25-22(30)15(2)31-23-27-26-21(17-10-11-17)28(23)20-9-5-8-19(13-20)24-16(3)29/h4-9,12-13,15,17H,10-11H2,1-3H3,(H,24,29)(H,25,30). The van der Waals surface area contributed by atoms with Crippen molar-refractivity contribution in [3.8, 4) is 5.69 Å². The van der Waals surface area contributed by atoms with Crippen molar-refractivity contribution in [3.63, 3.8) is 0 Å². The number of rotatable bonds is 7. The molecular formula is C23H25N5O2S. The van der Waals surface area contributed by atoms with Crippen LogP contribution in [-0.2, 0) is 9.59 Å². The van der Waals surface area contributed by atoms with E-state index in [0.29, 0.717) is 16.8 Å². The monoisotopic (exact) mass is 435 g/mol. The van der Waals surface area contributed by atoms with E-state index in [0.717, 1.165) is 35.6 Å². The molecule has 0 aliphatic heterocycles. The Morgan fingerprint density at radius 3 is 2.45 bits per heavy atom. The second-order valence-corrected chi connectivity index (χ2v) is 9.11. The molecule has 4 rings (SSSR count). The number of aromatic nitrogens is 3. The van der Waals surface area contributed by atoms with Crippen molar-refractivity contribution in [1.29, 1.82) is 0 Å². The van der Waals surface area contributed by atoms with Crippen LogP contribution in [0.15, 0.2) is 53.7 Å². The predicted octanol–water partition coefficient (Wildman–Crippen LogP) is 4.53. The summed E-state index contributed by atoms with van der Waals surface area (Å²) in [6.07, 6.45) is 2.16. The molecule has 1 unspecified atom stereocenters. The Morgan fingerprint density at radius 1 is 1.06 bits per heavy atom. The summed E-state index contributed by atoms with van der Waals surface area (Å²) in [6, 6.07) is 15.3. The minimum Gasteiger partial charge on any atom is -0.326 e. The highest BCUT2D eigenvalue weighted by molar-refractivity contribution is 8.00. The number of hydrogen-bond donors (Lipinski definition) is 2. The lowest BCUT2D eigenvalue weighted by Crippen LogP contribution is -2.23. The highest BCUT2D eigenvalue weighted by Crippen LogP contribution is 2.41. The Labute approximate surface area is 185 Å². The van der Waals surface area contributed by atoms with Gasteiger partial charge in [-0.2, -0.15) is 0 Å². The molecule has 1 saturated carbocycles. The number of amides is 2. The Kier molecular flexibility index (Phi) is 6.08. The summed E-state index contributed by atoms with van der Waals surface area (Å²) >= 11 is 1.37. The first-order valence-corrected chi connectivity index (χ1v) is 11.2. The first-order valence-electron chi connectivity index (χ1n) is 10.3. The Bertz CT molecular complexity index is 1120. The Balaban J connectivity index is 1.58. The molecule has 160 valence electrons. The molecule has 31 heavy (non-hydrogen) atoms. The minimum absolute atomic E-state index is 0.0925. The van der Waals surface area contributed by atoms with Gasteiger partial charge in [-0.05, 0) is 62.6 Å². The van der Waals surface area contributed by atoms with E-state index in [1.165, 1.54) is 18.7 Å². The number of nitrogens with zero attached hydrogens (tertiary/aromatic N) is 3. The van der Waals surface area contributed by atoms with Crippen molar-refractivity contribution in [2.45, 2.75) is 49.9 Å². The van der Waals surface area contributed by atoms with Gasteiger partial charge in [-0.3, -0.25) is 14.2 Å². The second-order valence-electron chi connectivity index (χ2n) is 7.80. The molecule has 2 amide bonds. The molecule has 0 bridgehead atoms. The quantitative estimate of drug-likeness (QED) is 0.532. The van der Waals surface area contributed by atoms with Crippen LogP contribution in [0.1, 0.15) is 44.0 Å². The van der Waals surface area contributed by atoms with Crippen molar-refractivity contribution in [2.75, 3.05) is 10.6 Å². The van der Waals surface area contributed by atoms with Crippen molar-refractivity contribution in [1.82, 2.24) is 14.8 Å². The molecule has 1 atom stereocenters. The lowest BCUT2D eigenvalue weighted by molar-refractivity contribution is -0.115. The van der Waals surface area contributed by atoms with E-state index in [4.69, 9.17) is 0 Å². The van der Waals surface area contributed by atoms with Gasteiger partial charge in [-0.25, -0.2) is 0 Å². The zero-order valence-electron chi connectivity index (χ0n) is 17.8. The molecule has 8 heteroatoms. The molecule has 0 radical (unpaired) electrons. The Morgan fingerprint density at radius 2 is 1.77 bits per heavy atom. The molecule has 3 aromatic rings. The van der Waals surface area contributed by atoms with Crippen molar-refractivity contribution in [3.05, 3.63) is 59.9 Å². The summed E-state index contributed by atoms with van der Waals surface area (Å²) in [5.41, 5.74) is 3.44. The van der Waals surface area contributed by atoms with Gasteiger partial charge in [-0.1, -0.05) is 30.0 Å². The summed E-state index contributed by atoms with van der Waals surface area (Å²) in [5, 5.41) is 14.9. The SMILES string of the molecule is CC(=O)Nc1cccc(-n2c(SC(C)C(=O)Nc3cccc(C)c3)nnc2C2CC2)c1. The van der Waals surface area contributed by atoms with Crippen LogP contribution in [0.3, 0.4) is 0 Å². The van der Waals surface area contributed by atoms with E-state index in [1.54, 1.807) is 0 Å². The predicted molar refractivity (Wildman–Crippen MR) is 123 cm³/mol. The molecule has 0 spiro atoms. The number of anilines is 2. The van der Waals surface area contributed by atoms with Gasteiger partial charge < -0.3 is 10.6 Å². The molecule has 7 nitrogen and oxygen atoms in total. The van der Waals surface area contributed by atoms with Gasteiger partial charge in [0, 0.05) is 24.2 Å². The van der Waals surface area contributed by atoms with E-state index in [-0.39, 0.29) is 17.1 Å². The third-order valence-electron chi connectivity index (χ3n) is 4.96. The maximum atomic E-state index is 12.8. The van der Waals surface area contributed by atoms with Crippen LogP contribution in [0.2, 0.25) is 0 Å². The molecule has 2 N–H and O–H groups in total. The summed E-state index contributed by atoms with van der Waals surface area (Å²) in [5.74, 6) is 1.06. The van der Waals surface area contributed by atoms with Crippen LogP contribution in [0.4, 0.5) is 11.4 Å². The minimum atomic E-state index is -0.367.